The fourth-order valence-corrected chi connectivity index (χ4v) is 1.83. The predicted molar refractivity (Wildman–Crippen MR) is 72.0 cm³/mol. The quantitative estimate of drug-likeness (QED) is 0.240. The molecule has 0 fully saturated rings. The third-order valence-electron chi connectivity index (χ3n) is 2.22. The second-order valence-electron chi connectivity index (χ2n) is 3.81. The van der Waals surface area contributed by atoms with E-state index in [-0.39, 0.29) is 16.1 Å². The number of nitrogens with one attached hydrogen (secondary N) is 1. The molecule has 5 nitrogen and oxygen atoms in total. The molecular formula is C11H13BrF3N3O2. The van der Waals surface area contributed by atoms with Crippen molar-refractivity contribution in [1.82, 2.24) is 0 Å². The molecule has 4 N–H and O–H groups in total. The maximum Gasteiger partial charge on any atom is 0.573 e. The van der Waals surface area contributed by atoms with Crippen LogP contribution in [0.3, 0.4) is 0 Å². The Labute approximate surface area is 121 Å². The number of amidine groups is 1. The molecule has 1 rings (SSSR count). The maximum atomic E-state index is 12.1. The van der Waals surface area contributed by atoms with E-state index in [4.69, 9.17) is 10.9 Å². The normalized spacial score (nSPS) is 12.3. The van der Waals surface area contributed by atoms with Crippen molar-refractivity contribution < 1.29 is 23.1 Å². The Morgan fingerprint density at radius 1 is 1.45 bits per heavy atom. The van der Waals surface area contributed by atoms with Crippen LogP contribution in [-0.2, 0) is 0 Å². The molecule has 0 spiro atoms. The zero-order valence-corrected chi connectivity index (χ0v) is 11.8. The van der Waals surface area contributed by atoms with Crippen molar-refractivity contribution in [2.24, 2.45) is 10.9 Å². The van der Waals surface area contributed by atoms with Gasteiger partial charge >= 0.3 is 6.36 Å². The van der Waals surface area contributed by atoms with Crippen LogP contribution in [0.1, 0.15) is 12.8 Å². The fourth-order valence-electron chi connectivity index (χ4n) is 1.37. The van der Waals surface area contributed by atoms with Gasteiger partial charge in [-0.15, -0.1) is 13.2 Å². The largest absolute Gasteiger partial charge is 0.573 e. The Hall–Kier alpha value is -1.64. The lowest BCUT2D eigenvalue weighted by Gasteiger charge is -2.12. The molecule has 1 aromatic rings. The Morgan fingerprint density at radius 2 is 2.15 bits per heavy atom. The summed E-state index contributed by atoms with van der Waals surface area (Å²) in [5, 5.41) is 14.2. The first kappa shape index (κ1) is 16.4. The van der Waals surface area contributed by atoms with Gasteiger partial charge in [0.05, 0.1) is 4.47 Å². The summed E-state index contributed by atoms with van der Waals surface area (Å²) in [6.07, 6.45) is -3.69. The van der Waals surface area contributed by atoms with E-state index < -0.39 is 6.36 Å². The minimum absolute atomic E-state index is 0.127. The average molecular weight is 356 g/mol. The van der Waals surface area contributed by atoms with E-state index in [0.717, 1.165) is 0 Å². The van der Waals surface area contributed by atoms with Gasteiger partial charge in [0.15, 0.2) is 0 Å². The lowest BCUT2D eigenvalue weighted by molar-refractivity contribution is -0.274. The van der Waals surface area contributed by atoms with Gasteiger partial charge in [0, 0.05) is 18.7 Å². The van der Waals surface area contributed by atoms with Crippen LogP contribution < -0.4 is 15.8 Å². The lowest BCUT2D eigenvalue weighted by atomic mass is 10.2. The highest BCUT2D eigenvalue weighted by Crippen LogP contribution is 2.32. The SMILES string of the molecule is N/C(CCCNc1ccc(OC(F)(F)F)c(Br)c1)=N/O. The summed E-state index contributed by atoms with van der Waals surface area (Å²) in [4.78, 5) is 0. The number of alkyl halides is 3. The molecular weight excluding hydrogens is 343 g/mol. The highest BCUT2D eigenvalue weighted by atomic mass is 79.9. The molecule has 0 radical (unpaired) electrons. The van der Waals surface area contributed by atoms with E-state index in [0.29, 0.717) is 25.1 Å². The second kappa shape index (κ2) is 7.22. The molecule has 9 heteroatoms. The topological polar surface area (TPSA) is 79.9 Å². The van der Waals surface area contributed by atoms with Crippen LogP contribution in [0.4, 0.5) is 18.9 Å². The van der Waals surface area contributed by atoms with E-state index in [1.165, 1.54) is 18.2 Å². The number of anilines is 1. The van der Waals surface area contributed by atoms with Crippen LogP contribution in [0.5, 0.6) is 5.75 Å². The Kier molecular flexibility index (Phi) is 5.93. The Bertz CT molecular complexity index is 480. The van der Waals surface area contributed by atoms with E-state index in [1.807, 2.05) is 0 Å². The fraction of sp³-hybridized carbons (Fsp3) is 0.364. The van der Waals surface area contributed by atoms with Crippen LogP contribution in [-0.4, -0.2) is 23.9 Å². The molecule has 0 saturated carbocycles. The summed E-state index contributed by atoms with van der Waals surface area (Å²) in [6, 6.07) is 4.16. The van der Waals surface area contributed by atoms with Crippen molar-refractivity contribution in [1.29, 1.82) is 0 Å². The predicted octanol–water partition coefficient (Wildman–Crippen LogP) is 3.29. The molecule has 0 saturated heterocycles. The number of nitrogens with zero attached hydrogens (tertiary/aromatic N) is 1. The average Bonchev–Trinajstić information content (AvgIpc) is 2.36. The number of hydrogen-bond acceptors (Lipinski definition) is 4. The molecule has 1 aromatic carbocycles. The number of hydrogen-bond donors (Lipinski definition) is 3. The van der Waals surface area contributed by atoms with Crippen molar-refractivity contribution in [3.05, 3.63) is 22.7 Å². The van der Waals surface area contributed by atoms with Crippen molar-refractivity contribution in [3.8, 4) is 5.75 Å². The number of oxime groups is 1. The van der Waals surface area contributed by atoms with Gasteiger partial charge in [-0.1, -0.05) is 5.16 Å². The van der Waals surface area contributed by atoms with Crippen LogP contribution in [0, 0.1) is 0 Å². The Morgan fingerprint density at radius 3 is 2.70 bits per heavy atom. The van der Waals surface area contributed by atoms with Crippen molar-refractivity contribution in [2.45, 2.75) is 19.2 Å². The van der Waals surface area contributed by atoms with Crippen LogP contribution in [0.2, 0.25) is 0 Å². The van der Waals surface area contributed by atoms with Gasteiger partial charge < -0.3 is 21.0 Å². The summed E-state index contributed by atoms with van der Waals surface area (Å²) in [7, 11) is 0. The van der Waals surface area contributed by atoms with Crippen LogP contribution in [0.15, 0.2) is 27.8 Å². The Balaban J connectivity index is 2.51. The first-order valence-corrected chi connectivity index (χ1v) is 6.36. The molecule has 0 unspecified atom stereocenters. The van der Waals surface area contributed by atoms with Gasteiger partial charge in [-0.3, -0.25) is 0 Å². The molecule has 0 aromatic heterocycles. The maximum absolute atomic E-state index is 12.1. The van der Waals surface area contributed by atoms with Gasteiger partial charge in [0.1, 0.15) is 11.6 Å². The third-order valence-corrected chi connectivity index (χ3v) is 2.84. The summed E-state index contributed by atoms with van der Waals surface area (Å²) >= 11 is 3.01. The van der Waals surface area contributed by atoms with Gasteiger partial charge in [-0.25, -0.2) is 0 Å². The highest BCUT2D eigenvalue weighted by Gasteiger charge is 2.31. The van der Waals surface area contributed by atoms with Gasteiger partial charge in [0.25, 0.3) is 0 Å². The molecule has 112 valence electrons. The number of benzene rings is 1. The van der Waals surface area contributed by atoms with Gasteiger partial charge in [0.2, 0.25) is 0 Å². The van der Waals surface area contributed by atoms with E-state index in [1.54, 1.807) is 0 Å². The standard InChI is InChI=1S/C11H13BrF3N3O2/c12-8-6-7(17-5-1-2-10(16)18-19)3-4-9(8)20-11(13,14)15/h3-4,6,17,19H,1-2,5H2,(H2,16,18). The van der Waals surface area contributed by atoms with Crippen LogP contribution in [0.25, 0.3) is 0 Å². The zero-order valence-electron chi connectivity index (χ0n) is 10.2. The summed E-state index contributed by atoms with van der Waals surface area (Å²) < 4.78 is 40.2. The second-order valence-corrected chi connectivity index (χ2v) is 4.67. The summed E-state index contributed by atoms with van der Waals surface area (Å²) in [5.74, 6) is -0.179. The number of rotatable bonds is 6. The molecule has 0 aliphatic rings. The highest BCUT2D eigenvalue weighted by molar-refractivity contribution is 9.10. The summed E-state index contributed by atoms with van der Waals surface area (Å²) in [6.45, 7) is 0.530. The van der Waals surface area contributed by atoms with Crippen molar-refractivity contribution in [2.75, 3.05) is 11.9 Å². The first-order chi connectivity index (χ1) is 9.31. The van der Waals surface area contributed by atoms with Crippen molar-refractivity contribution >= 4 is 27.5 Å². The monoisotopic (exact) mass is 355 g/mol. The smallest absolute Gasteiger partial charge is 0.409 e. The number of nitrogens with two attached hydrogens (primary N) is 1. The molecule has 0 aliphatic carbocycles. The van der Waals surface area contributed by atoms with Crippen molar-refractivity contribution in [3.63, 3.8) is 0 Å². The third kappa shape index (κ3) is 6.00. The molecule has 0 bridgehead atoms. The molecule has 20 heavy (non-hydrogen) atoms. The van der Waals surface area contributed by atoms with E-state index in [9.17, 15) is 13.2 Å². The van der Waals surface area contributed by atoms with Gasteiger partial charge in [-0.05, 0) is 40.5 Å². The van der Waals surface area contributed by atoms with E-state index in [2.05, 4.69) is 31.1 Å². The molecule has 0 heterocycles. The summed E-state index contributed by atoms with van der Waals surface area (Å²) in [5.41, 5.74) is 5.93. The first-order valence-electron chi connectivity index (χ1n) is 5.57. The zero-order chi connectivity index (χ0) is 15.2. The number of ether oxygens (including phenoxy) is 1. The van der Waals surface area contributed by atoms with E-state index >= 15 is 0 Å². The minimum Gasteiger partial charge on any atom is -0.409 e. The minimum atomic E-state index is -4.72. The number of halogens is 4. The van der Waals surface area contributed by atoms with Crippen LogP contribution >= 0.6 is 15.9 Å². The molecule has 0 amide bonds. The molecule has 0 aliphatic heterocycles. The van der Waals surface area contributed by atoms with Gasteiger partial charge in [-0.2, -0.15) is 0 Å². The lowest BCUT2D eigenvalue weighted by Crippen LogP contribution is -2.17. The molecule has 0 atom stereocenters.